The standard InChI is InChI=1S/C17H18N4O2S/c1-11-18-19-15-9-20(7-8-21(11)15)17(22)16-13(10-23-2)12-5-3-4-6-14(12)24-16/h3-6H,7-10H2,1-2H3. The van der Waals surface area contributed by atoms with Gasteiger partial charge in [0, 0.05) is 30.5 Å². The Kier molecular flexibility index (Phi) is 3.82. The van der Waals surface area contributed by atoms with Crippen molar-refractivity contribution in [2.75, 3.05) is 13.7 Å². The van der Waals surface area contributed by atoms with E-state index in [9.17, 15) is 4.79 Å². The number of ether oxygens (including phenoxy) is 1. The van der Waals surface area contributed by atoms with E-state index < -0.39 is 0 Å². The predicted octanol–water partition coefficient (Wildman–Crippen LogP) is 2.60. The van der Waals surface area contributed by atoms with Gasteiger partial charge in [-0.25, -0.2) is 0 Å². The summed E-state index contributed by atoms with van der Waals surface area (Å²) < 4.78 is 8.53. The monoisotopic (exact) mass is 342 g/mol. The highest BCUT2D eigenvalue weighted by atomic mass is 32.1. The van der Waals surface area contributed by atoms with Crippen LogP contribution in [0, 0.1) is 6.92 Å². The molecule has 1 aliphatic heterocycles. The van der Waals surface area contributed by atoms with E-state index in [0.29, 0.717) is 19.7 Å². The summed E-state index contributed by atoms with van der Waals surface area (Å²) in [5.41, 5.74) is 0.978. The van der Waals surface area contributed by atoms with Gasteiger partial charge < -0.3 is 14.2 Å². The molecule has 24 heavy (non-hydrogen) atoms. The zero-order valence-corrected chi connectivity index (χ0v) is 14.5. The van der Waals surface area contributed by atoms with Crippen molar-refractivity contribution < 1.29 is 9.53 Å². The number of benzene rings is 1. The Balaban J connectivity index is 1.70. The second-order valence-corrected chi connectivity index (χ2v) is 6.93. The topological polar surface area (TPSA) is 60.2 Å². The molecule has 0 aliphatic carbocycles. The average Bonchev–Trinajstić information content (AvgIpc) is 3.16. The van der Waals surface area contributed by atoms with Crippen molar-refractivity contribution in [2.45, 2.75) is 26.6 Å². The molecule has 0 N–H and O–H groups in total. The molecule has 7 heteroatoms. The van der Waals surface area contributed by atoms with E-state index in [1.165, 1.54) is 11.3 Å². The molecule has 0 radical (unpaired) electrons. The summed E-state index contributed by atoms with van der Waals surface area (Å²) >= 11 is 1.54. The molecule has 0 spiro atoms. The third-order valence-electron chi connectivity index (χ3n) is 4.41. The average molecular weight is 342 g/mol. The van der Waals surface area contributed by atoms with Crippen LogP contribution in [0.1, 0.15) is 26.9 Å². The molecule has 0 saturated heterocycles. The summed E-state index contributed by atoms with van der Waals surface area (Å²) in [7, 11) is 1.66. The number of hydrogen-bond acceptors (Lipinski definition) is 5. The fourth-order valence-corrected chi connectivity index (χ4v) is 4.36. The number of aromatic nitrogens is 3. The molecule has 0 saturated carbocycles. The Morgan fingerprint density at radius 2 is 2.12 bits per heavy atom. The number of methoxy groups -OCH3 is 1. The lowest BCUT2D eigenvalue weighted by atomic mass is 10.1. The maximum Gasteiger partial charge on any atom is 0.264 e. The van der Waals surface area contributed by atoms with Crippen molar-refractivity contribution in [3.8, 4) is 0 Å². The van der Waals surface area contributed by atoms with Crippen molar-refractivity contribution in [1.82, 2.24) is 19.7 Å². The number of carbonyl (C=O) groups excluding carboxylic acids is 1. The van der Waals surface area contributed by atoms with Crippen LogP contribution >= 0.6 is 11.3 Å². The van der Waals surface area contributed by atoms with Gasteiger partial charge in [0.25, 0.3) is 5.91 Å². The van der Waals surface area contributed by atoms with Crippen molar-refractivity contribution in [1.29, 1.82) is 0 Å². The lowest BCUT2D eigenvalue weighted by Gasteiger charge is -2.27. The molecule has 1 amide bonds. The van der Waals surface area contributed by atoms with E-state index in [0.717, 1.165) is 38.7 Å². The number of nitrogens with zero attached hydrogens (tertiary/aromatic N) is 4. The minimum atomic E-state index is 0.0511. The zero-order chi connectivity index (χ0) is 16.7. The summed E-state index contributed by atoms with van der Waals surface area (Å²) in [4.78, 5) is 15.7. The fourth-order valence-electron chi connectivity index (χ4n) is 3.18. The normalized spacial score (nSPS) is 14.2. The minimum absolute atomic E-state index is 0.0511. The largest absolute Gasteiger partial charge is 0.380 e. The summed E-state index contributed by atoms with van der Waals surface area (Å²) in [6, 6.07) is 8.09. The Bertz CT molecular complexity index is 915. The maximum atomic E-state index is 13.1. The molecule has 4 rings (SSSR count). The molecule has 0 unspecified atom stereocenters. The molecule has 6 nitrogen and oxygen atoms in total. The van der Waals surface area contributed by atoms with Crippen LogP contribution < -0.4 is 0 Å². The van der Waals surface area contributed by atoms with Crippen LogP contribution in [0.4, 0.5) is 0 Å². The first-order chi connectivity index (χ1) is 11.7. The Labute approximate surface area is 143 Å². The van der Waals surface area contributed by atoms with Gasteiger partial charge in [-0.2, -0.15) is 0 Å². The van der Waals surface area contributed by atoms with Crippen LogP contribution in [0.25, 0.3) is 10.1 Å². The maximum absolute atomic E-state index is 13.1. The van der Waals surface area contributed by atoms with Gasteiger partial charge in [-0.15, -0.1) is 21.5 Å². The van der Waals surface area contributed by atoms with Crippen molar-refractivity contribution in [3.63, 3.8) is 0 Å². The van der Waals surface area contributed by atoms with Gasteiger partial charge in [0.15, 0.2) is 5.82 Å². The fraction of sp³-hybridized carbons (Fsp3) is 0.353. The number of amides is 1. The number of aryl methyl sites for hydroxylation is 1. The van der Waals surface area contributed by atoms with Gasteiger partial charge in [0.2, 0.25) is 0 Å². The minimum Gasteiger partial charge on any atom is -0.380 e. The Morgan fingerprint density at radius 1 is 1.29 bits per heavy atom. The molecule has 124 valence electrons. The van der Waals surface area contributed by atoms with Crippen LogP contribution in [0.3, 0.4) is 0 Å². The molecule has 0 fully saturated rings. The Morgan fingerprint density at radius 3 is 2.96 bits per heavy atom. The number of thiophene rings is 1. The lowest BCUT2D eigenvalue weighted by Crippen LogP contribution is -2.38. The van der Waals surface area contributed by atoms with E-state index >= 15 is 0 Å². The highest BCUT2D eigenvalue weighted by molar-refractivity contribution is 7.21. The summed E-state index contributed by atoms with van der Waals surface area (Å²) in [6.45, 7) is 4.29. The van der Waals surface area contributed by atoms with Crippen LogP contribution in [-0.2, 0) is 24.4 Å². The smallest absolute Gasteiger partial charge is 0.264 e. The lowest BCUT2D eigenvalue weighted by molar-refractivity contribution is 0.0707. The summed E-state index contributed by atoms with van der Waals surface area (Å²) in [5.74, 6) is 1.80. The van der Waals surface area contributed by atoms with Crippen LogP contribution in [0.2, 0.25) is 0 Å². The molecule has 3 heterocycles. The SMILES string of the molecule is COCc1c(C(=O)N2CCn3c(C)nnc3C2)sc2ccccc12. The van der Waals surface area contributed by atoms with Gasteiger partial charge >= 0.3 is 0 Å². The first-order valence-corrected chi connectivity index (χ1v) is 8.68. The van der Waals surface area contributed by atoms with Gasteiger partial charge in [-0.3, -0.25) is 4.79 Å². The number of hydrogen-bond donors (Lipinski definition) is 0. The van der Waals surface area contributed by atoms with E-state index in [1.807, 2.05) is 36.1 Å². The first kappa shape index (κ1) is 15.3. The van der Waals surface area contributed by atoms with Crippen LogP contribution in [0.5, 0.6) is 0 Å². The van der Waals surface area contributed by atoms with E-state index in [-0.39, 0.29) is 5.91 Å². The summed E-state index contributed by atoms with van der Waals surface area (Å²) in [6.07, 6.45) is 0. The third kappa shape index (κ3) is 2.40. The first-order valence-electron chi connectivity index (χ1n) is 7.86. The molecule has 0 atom stereocenters. The zero-order valence-electron chi connectivity index (χ0n) is 13.7. The predicted molar refractivity (Wildman–Crippen MR) is 92.0 cm³/mol. The van der Waals surface area contributed by atoms with Crippen LogP contribution in [-0.4, -0.2) is 39.2 Å². The van der Waals surface area contributed by atoms with Crippen molar-refractivity contribution in [3.05, 3.63) is 46.4 Å². The molecular weight excluding hydrogens is 324 g/mol. The summed E-state index contributed by atoms with van der Waals surface area (Å²) in [5, 5.41) is 9.39. The molecule has 1 aromatic carbocycles. The highest BCUT2D eigenvalue weighted by Gasteiger charge is 2.27. The van der Waals surface area contributed by atoms with Gasteiger partial charge in [0.05, 0.1) is 18.0 Å². The van der Waals surface area contributed by atoms with Crippen molar-refractivity contribution >= 4 is 27.3 Å². The quantitative estimate of drug-likeness (QED) is 0.734. The van der Waals surface area contributed by atoms with E-state index in [1.54, 1.807) is 7.11 Å². The number of fused-ring (bicyclic) bond motifs is 2. The van der Waals surface area contributed by atoms with Crippen molar-refractivity contribution in [2.24, 2.45) is 0 Å². The second-order valence-electron chi connectivity index (χ2n) is 5.88. The van der Waals surface area contributed by atoms with Gasteiger partial charge in [-0.05, 0) is 18.4 Å². The highest BCUT2D eigenvalue weighted by Crippen LogP contribution is 2.33. The number of rotatable bonds is 3. The molecular formula is C17H18N4O2S. The van der Waals surface area contributed by atoms with Crippen LogP contribution in [0.15, 0.2) is 24.3 Å². The number of carbonyl (C=O) groups is 1. The molecule has 3 aromatic rings. The van der Waals surface area contributed by atoms with E-state index in [4.69, 9.17) is 4.74 Å². The molecule has 2 aromatic heterocycles. The second kappa shape index (κ2) is 5.99. The molecule has 0 bridgehead atoms. The van der Waals surface area contributed by atoms with E-state index in [2.05, 4.69) is 14.8 Å². The van der Waals surface area contributed by atoms with Gasteiger partial charge in [-0.1, -0.05) is 18.2 Å². The Hall–Kier alpha value is -2.25. The van der Waals surface area contributed by atoms with Gasteiger partial charge in [0.1, 0.15) is 5.82 Å². The molecule has 1 aliphatic rings. The third-order valence-corrected chi connectivity index (χ3v) is 5.61.